The van der Waals surface area contributed by atoms with E-state index in [2.05, 4.69) is 43.3 Å². The van der Waals surface area contributed by atoms with Crippen LogP contribution in [0, 0.1) is 17.4 Å². The highest BCUT2D eigenvalue weighted by Gasteiger charge is 2.09. The molecule has 1 heteroatoms. The Hall–Kier alpha value is -0.483. The van der Waals surface area contributed by atoms with E-state index in [4.69, 9.17) is 0 Å². The smallest absolute Gasteiger partial charge is 0.129 e. The van der Waals surface area contributed by atoms with Gasteiger partial charge in [-0.25, -0.2) is 0 Å². The van der Waals surface area contributed by atoms with Crippen LogP contribution in [0.4, 0.5) is 0 Å². The molecular weight excluding hydrogens is 148 g/mol. The van der Waals surface area contributed by atoms with Crippen LogP contribution >= 0.6 is 0 Å². The van der Waals surface area contributed by atoms with E-state index in [1.54, 1.807) is 0 Å². The van der Waals surface area contributed by atoms with E-state index >= 15 is 0 Å². The Kier molecular flexibility index (Phi) is 2.56. The van der Waals surface area contributed by atoms with Gasteiger partial charge in [-0.1, -0.05) is 31.8 Å². The molecule has 1 unspecified atom stereocenters. The van der Waals surface area contributed by atoms with Crippen LogP contribution in [0.5, 0.6) is 0 Å². The van der Waals surface area contributed by atoms with Crippen molar-refractivity contribution in [3.63, 3.8) is 0 Å². The molecular formula is C10H16Si. The number of hydrogen-bond acceptors (Lipinski definition) is 0. The summed E-state index contributed by atoms with van der Waals surface area (Å²) < 4.78 is 0. The highest BCUT2D eigenvalue weighted by Crippen LogP contribution is 2.15. The second kappa shape index (κ2) is 3.28. The zero-order chi connectivity index (χ0) is 8.32. The molecule has 0 radical (unpaired) electrons. The normalized spacial score (nSPS) is 23.0. The Labute approximate surface area is 70.7 Å². The largest absolute Gasteiger partial charge is 0.131 e. The van der Waals surface area contributed by atoms with Crippen LogP contribution in [0.15, 0.2) is 12.2 Å². The van der Waals surface area contributed by atoms with Gasteiger partial charge in [-0.05, 0) is 12.8 Å². The molecule has 0 aromatic rings. The summed E-state index contributed by atoms with van der Waals surface area (Å²) in [5, 5.41) is 0. The summed E-state index contributed by atoms with van der Waals surface area (Å²) in [6, 6.07) is 0. The minimum atomic E-state index is -1.12. The Morgan fingerprint density at radius 2 is 2.09 bits per heavy atom. The Morgan fingerprint density at radius 3 is 2.55 bits per heavy atom. The van der Waals surface area contributed by atoms with Gasteiger partial charge in [-0.2, -0.15) is 0 Å². The number of allylic oxidation sites excluding steroid dienone is 2. The van der Waals surface area contributed by atoms with E-state index in [-0.39, 0.29) is 0 Å². The van der Waals surface area contributed by atoms with Crippen molar-refractivity contribution in [1.29, 1.82) is 0 Å². The van der Waals surface area contributed by atoms with Crippen molar-refractivity contribution >= 4 is 8.07 Å². The van der Waals surface area contributed by atoms with Crippen LogP contribution < -0.4 is 0 Å². The lowest BCUT2D eigenvalue weighted by atomic mass is 10.1. The molecule has 1 rings (SSSR count). The molecule has 60 valence electrons. The predicted octanol–water partition coefficient (Wildman–Crippen LogP) is 2.83. The second-order valence-electron chi connectivity index (χ2n) is 4.13. The molecule has 0 amide bonds. The third kappa shape index (κ3) is 3.43. The third-order valence-corrected chi connectivity index (χ3v) is 2.54. The molecule has 0 N–H and O–H groups in total. The summed E-state index contributed by atoms with van der Waals surface area (Å²) in [5.74, 6) is 3.92. The fraction of sp³-hybridized carbons (Fsp3) is 0.600. The molecule has 1 atom stereocenters. The van der Waals surface area contributed by atoms with Crippen molar-refractivity contribution in [2.24, 2.45) is 5.92 Å². The third-order valence-electron chi connectivity index (χ3n) is 1.65. The predicted molar refractivity (Wildman–Crippen MR) is 53.0 cm³/mol. The van der Waals surface area contributed by atoms with E-state index in [1.165, 1.54) is 12.8 Å². The van der Waals surface area contributed by atoms with Gasteiger partial charge in [0, 0.05) is 5.92 Å². The van der Waals surface area contributed by atoms with Crippen molar-refractivity contribution in [2.75, 3.05) is 0 Å². The summed E-state index contributed by atoms with van der Waals surface area (Å²) in [7, 11) is -1.12. The minimum absolute atomic E-state index is 0.571. The second-order valence-corrected chi connectivity index (χ2v) is 8.88. The molecule has 0 spiro atoms. The van der Waals surface area contributed by atoms with Crippen molar-refractivity contribution in [3.05, 3.63) is 12.2 Å². The topological polar surface area (TPSA) is 0 Å². The SMILES string of the molecule is C[Si](C)(C)C#CC1C=CCC1. The average Bonchev–Trinajstić information content (AvgIpc) is 2.32. The first-order valence-corrected chi connectivity index (χ1v) is 7.77. The van der Waals surface area contributed by atoms with Gasteiger partial charge in [0.15, 0.2) is 0 Å². The van der Waals surface area contributed by atoms with Crippen LogP contribution in [0.25, 0.3) is 0 Å². The van der Waals surface area contributed by atoms with Crippen LogP contribution in [-0.2, 0) is 0 Å². The van der Waals surface area contributed by atoms with Crippen LogP contribution in [0.1, 0.15) is 12.8 Å². The molecule has 1 aliphatic carbocycles. The first-order valence-electron chi connectivity index (χ1n) is 4.27. The zero-order valence-electron chi connectivity index (χ0n) is 7.65. The molecule has 11 heavy (non-hydrogen) atoms. The standard InChI is InChI=1S/C10H16Si/c1-11(2,3)9-8-10-6-4-5-7-10/h4,6,10H,5,7H2,1-3H3. The minimum Gasteiger partial charge on any atom is -0.131 e. The monoisotopic (exact) mass is 164 g/mol. The Morgan fingerprint density at radius 1 is 1.36 bits per heavy atom. The highest BCUT2D eigenvalue weighted by molar-refractivity contribution is 6.83. The maximum atomic E-state index is 3.40. The van der Waals surface area contributed by atoms with E-state index < -0.39 is 8.07 Å². The lowest BCUT2D eigenvalue weighted by molar-refractivity contribution is 0.796. The molecule has 0 aromatic heterocycles. The molecule has 0 saturated carbocycles. The lowest BCUT2D eigenvalue weighted by Crippen LogP contribution is -2.16. The lowest BCUT2D eigenvalue weighted by Gasteiger charge is -2.04. The molecule has 0 saturated heterocycles. The fourth-order valence-electron chi connectivity index (χ4n) is 1.06. The summed E-state index contributed by atoms with van der Waals surface area (Å²) in [4.78, 5) is 0. The molecule has 0 aliphatic heterocycles. The van der Waals surface area contributed by atoms with Gasteiger partial charge >= 0.3 is 0 Å². The summed E-state index contributed by atoms with van der Waals surface area (Å²) in [5.41, 5.74) is 3.40. The molecule has 1 aliphatic rings. The van der Waals surface area contributed by atoms with E-state index in [9.17, 15) is 0 Å². The van der Waals surface area contributed by atoms with Crippen LogP contribution in [-0.4, -0.2) is 8.07 Å². The van der Waals surface area contributed by atoms with Gasteiger partial charge in [0.1, 0.15) is 8.07 Å². The molecule has 0 fully saturated rings. The van der Waals surface area contributed by atoms with Gasteiger partial charge in [-0.3, -0.25) is 0 Å². The Balaban J connectivity index is 2.50. The van der Waals surface area contributed by atoms with Crippen molar-refractivity contribution < 1.29 is 0 Å². The van der Waals surface area contributed by atoms with E-state index in [1.807, 2.05) is 0 Å². The first kappa shape index (κ1) is 8.61. The average molecular weight is 164 g/mol. The molecule has 0 aromatic carbocycles. The van der Waals surface area contributed by atoms with Crippen LogP contribution in [0.3, 0.4) is 0 Å². The van der Waals surface area contributed by atoms with Gasteiger partial charge < -0.3 is 0 Å². The highest BCUT2D eigenvalue weighted by atomic mass is 28.3. The van der Waals surface area contributed by atoms with Gasteiger partial charge in [0.25, 0.3) is 0 Å². The summed E-state index contributed by atoms with van der Waals surface area (Å²) >= 11 is 0. The maximum absolute atomic E-state index is 3.40. The number of rotatable bonds is 0. The van der Waals surface area contributed by atoms with Crippen molar-refractivity contribution in [1.82, 2.24) is 0 Å². The maximum Gasteiger partial charge on any atom is 0.129 e. The molecule has 0 bridgehead atoms. The summed E-state index contributed by atoms with van der Waals surface area (Å²) in [6.07, 6.45) is 6.96. The van der Waals surface area contributed by atoms with Gasteiger partial charge in [-0.15, -0.1) is 11.5 Å². The fourth-order valence-corrected chi connectivity index (χ4v) is 1.68. The zero-order valence-corrected chi connectivity index (χ0v) is 8.65. The van der Waals surface area contributed by atoms with E-state index in [0.717, 1.165) is 0 Å². The van der Waals surface area contributed by atoms with Crippen molar-refractivity contribution in [3.8, 4) is 11.5 Å². The van der Waals surface area contributed by atoms with Crippen LogP contribution in [0.2, 0.25) is 19.6 Å². The first-order chi connectivity index (χ1) is 5.08. The molecule has 0 nitrogen and oxygen atoms in total. The van der Waals surface area contributed by atoms with Crippen molar-refractivity contribution in [2.45, 2.75) is 32.5 Å². The van der Waals surface area contributed by atoms with E-state index in [0.29, 0.717) is 5.92 Å². The quantitative estimate of drug-likeness (QED) is 0.293. The number of hydrogen-bond donors (Lipinski definition) is 0. The molecule has 0 heterocycles. The van der Waals surface area contributed by atoms with Gasteiger partial charge in [0.2, 0.25) is 0 Å². The Bertz CT molecular complexity index is 209. The summed E-state index contributed by atoms with van der Waals surface area (Å²) in [6.45, 7) is 6.87. The van der Waals surface area contributed by atoms with Gasteiger partial charge in [0.05, 0.1) is 0 Å².